The van der Waals surface area contributed by atoms with Crippen molar-refractivity contribution in [2.24, 2.45) is 0 Å². The molecule has 0 aliphatic rings. The summed E-state index contributed by atoms with van der Waals surface area (Å²) in [5.41, 5.74) is 7.77. The topological polar surface area (TPSA) is 82.0 Å². The average molecular weight is 300 g/mol. The van der Waals surface area contributed by atoms with Crippen molar-refractivity contribution >= 4 is 32.6 Å². The van der Waals surface area contributed by atoms with Crippen molar-refractivity contribution in [3.63, 3.8) is 0 Å². The van der Waals surface area contributed by atoms with Crippen LogP contribution in [0.25, 0.3) is 26.9 Å². The Morgan fingerprint density at radius 2 is 2.15 bits per heavy atom. The van der Waals surface area contributed by atoms with Gasteiger partial charge in [-0.1, -0.05) is 11.3 Å². The van der Waals surface area contributed by atoms with Gasteiger partial charge < -0.3 is 5.73 Å². The molecule has 0 bridgehead atoms. The Labute approximate surface area is 121 Å². The lowest BCUT2D eigenvalue weighted by Crippen LogP contribution is -1.91. The molecule has 98 valence electrons. The normalized spacial score (nSPS) is 11.2. The predicted molar refractivity (Wildman–Crippen MR) is 79.6 cm³/mol. The first-order valence-corrected chi connectivity index (χ1v) is 7.48. The highest BCUT2D eigenvalue weighted by molar-refractivity contribution is 7.20. The second-order valence-corrected chi connectivity index (χ2v) is 5.97. The first-order chi connectivity index (χ1) is 9.83. The van der Waals surface area contributed by atoms with Crippen LogP contribution in [0.1, 0.15) is 0 Å². The van der Waals surface area contributed by atoms with Gasteiger partial charge >= 0.3 is 0 Å². The van der Waals surface area contributed by atoms with E-state index in [-0.39, 0.29) is 0 Å². The van der Waals surface area contributed by atoms with E-state index in [0.717, 1.165) is 26.1 Å². The van der Waals surface area contributed by atoms with Gasteiger partial charge in [-0.05, 0) is 23.6 Å². The van der Waals surface area contributed by atoms with Gasteiger partial charge in [0.1, 0.15) is 0 Å². The van der Waals surface area contributed by atoms with Gasteiger partial charge in [-0.2, -0.15) is 9.61 Å². The Hall–Kier alpha value is -2.32. The molecule has 0 saturated heterocycles. The van der Waals surface area contributed by atoms with Gasteiger partial charge in [0.15, 0.2) is 10.8 Å². The first kappa shape index (κ1) is 11.5. The zero-order valence-electron chi connectivity index (χ0n) is 10.1. The van der Waals surface area contributed by atoms with E-state index in [1.165, 1.54) is 22.7 Å². The summed E-state index contributed by atoms with van der Waals surface area (Å²) in [5.74, 6) is 0.685. The van der Waals surface area contributed by atoms with Crippen molar-refractivity contribution in [3.8, 4) is 22.0 Å². The second kappa shape index (κ2) is 4.36. The number of hydrogen-bond donors (Lipinski definition) is 1. The number of thiophene rings is 1. The highest BCUT2D eigenvalue weighted by Gasteiger charge is 2.16. The monoisotopic (exact) mass is 300 g/mol. The summed E-state index contributed by atoms with van der Waals surface area (Å²) < 4.78 is 1.73. The fraction of sp³-hybridized carbons (Fsp3) is 0. The molecule has 0 spiro atoms. The van der Waals surface area contributed by atoms with Gasteiger partial charge in [-0.25, -0.2) is 0 Å². The fourth-order valence-electron chi connectivity index (χ4n) is 1.90. The summed E-state index contributed by atoms with van der Waals surface area (Å²) >= 11 is 2.97. The predicted octanol–water partition coefficient (Wildman–Crippen LogP) is 2.56. The highest BCUT2D eigenvalue weighted by atomic mass is 32.1. The smallest absolute Gasteiger partial charge is 0.235 e. The Bertz CT molecular complexity index is 876. The Balaban J connectivity index is 1.90. The van der Waals surface area contributed by atoms with E-state index in [4.69, 9.17) is 5.73 Å². The van der Waals surface area contributed by atoms with E-state index in [1.54, 1.807) is 16.9 Å². The minimum Gasteiger partial charge on any atom is -0.390 e. The number of aromatic nitrogens is 5. The third-order valence-electron chi connectivity index (χ3n) is 2.84. The number of pyridine rings is 1. The molecular weight excluding hydrogens is 292 g/mol. The van der Waals surface area contributed by atoms with Crippen molar-refractivity contribution < 1.29 is 0 Å². The van der Waals surface area contributed by atoms with Crippen LogP contribution in [0.4, 0.5) is 5.00 Å². The highest BCUT2D eigenvalue weighted by Crippen LogP contribution is 2.34. The van der Waals surface area contributed by atoms with Crippen LogP contribution in [0.5, 0.6) is 0 Å². The molecule has 4 aromatic rings. The third-order valence-corrected chi connectivity index (χ3v) is 4.51. The zero-order chi connectivity index (χ0) is 13.5. The lowest BCUT2D eigenvalue weighted by atomic mass is 10.3. The van der Waals surface area contributed by atoms with E-state index in [9.17, 15) is 0 Å². The summed E-state index contributed by atoms with van der Waals surface area (Å²) in [7, 11) is 0. The maximum absolute atomic E-state index is 5.94. The molecule has 20 heavy (non-hydrogen) atoms. The summed E-state index contributed by atoms with van der Waals surface area (Å²) in [5, 5.41) is 16.4. The van der Waals surface area contributed by atoms with E-state index in [1.807, 2.05) is 23.6 Å². The fourth-order valence-corrected chi connectivity index (χ4v) is 3.48. The molecular formula is C12H8N6S2. The van der Waals surface area contributed by atoms with Crippen LogP contribution in [-0.4, -0.2) is 24.8 Å². The van der Waals surface area contributed by atoms with Crippen LogP contribution in [0.15, 0.2) is 36.0 Å². The molecule has 4 aromatic heterocycles. The van der Waals surface area contributed by atoms with Gasteiger partial charge in [0.05, 0.1) is 5.00 Å². The Kier molecular flexibility index (Phi) is 2.51. The number of rotatable bonds is 2. The van der Waals surface area contributed by atoms with E-state index >= 15 is 0 Å². The number of hydrogen-bond acceptors (Lipinski definition) is 7. The Morgan fingerprint density at radius 3 is 2.90 bits per heavy atom. The largest absolute Gasteiger partial charge is 0.390 e. The summed E-state index contributed by atoms with van der Waals surface area (Å²) in [6.07, 6.45) is 3.47. The number of anilines is 1. The van der Waals surface area contributed by atoms with Crippen molar-refractivity contribution in [2.45, 2.75) is 0 Å². The molecule has 0 aliphatic carbocycles. The lowest BCUT2D eigenvalue weighted by Gasteiger charge is -1.95. The molecule has 0 atom stereocenters. The number of nitrogens with two attached hydrogens (primary N) is 1. The van der Waals surface area contributed by atoms with E-state index < -0.39 is 0 Å². The molecule has 4 rings (SSSR count). The molecule has 0 radical (unpaired) electrons. The van der Waals surface area contributed by atoms with Crippen LogP contribution >= 0.6 is 22.7 Å². The molecule has 0 aromatic carbocycles. The molecule has 8 heteroatoms. The molecule has 0 unspecified atom stereocenters. The average Bonchev–Trinajstić information content (AvgIpc) is 3.13. The van der Waals surface area contributed by atoms with Crippen LogP contribution in [0.3, 0.4) is 0 Å². The minimum atomic E-state index is 0.685. The summed E-state index contributed by atoms with van der Waals surface area (Å²) in [6, 6.07) is 5.76. The van der Waals surface area contributed by atoms with Crippen LogP contribution in [0, 0.1) is 0 Å². The molecule has 0 saturated carbocycles. The van der Waals surface area contributed by atoms with Gasteiger partial charge in [-0.3, -0.25) is 4.98 Å². The quantitative estimate of drug-likeness (QED) is 0.615. The number of nitrogens with zero attached hydrogens (tertiary/aromatic N) is 5. The maximum Gasteiger partial charge on any atom is 0.235 e. The van der Waals surface area contributed by atoms with Crippen LogP contribution in [-0.2, 0) is 0 Å². The molecule has 6 nitrogen and oxygen atoms in total. The van der Waals surface area contributed by atoms with Crippen LogP contribution in [0.2, 0.25) is 0 Å². The van der Waals surface area contributed by atoms with Crippen molar-refractivity contribution in [1.29, 1.82) is 0 Å². The summed E-state index contributed by atoms with van der Waals surface area (Å²) in [4.78, 5) is 4.83. The molecule has 0 amide bonds. The van der Waals surface area contributed by atoms with Crippen molar-refractivity contribution in [2.75, 3.05) is 5.73 Å². The van der Waals surface area contributed by atoms with Crippen molar-refractivity contribution in [3.05, 3.63) is 36.0 Å². The van der Waals surface area contributed by atoms with Gasteiger partial charge in [0.25, 0.3) is 0 Å². The first-order valence-electron chi connectivity index (χ1n) is 5.79. The van der Waals surface area contributed by atoms with Gasteiger partial charge in [0.2, 0.25) is 4.96 Å². The molecule has 4 heterocycles. The second-order valence-electron chi connectivity index (χ2n) is 4.07. The summed E-state index contributed by atoms with van der Waals surface area (Å²) in [6.45, 7) is 0. The standard InChI is InChI=1S/C12H8N6S2/c13-9-8(3-5-19-9)11-17-18-10(15-16-12(18)20-11)7-2-1-4-14-6-7/h1-6H,13H2. The SMILES string of the molecule is Nc1sccc1-c1nn2c(-c3cccnc3)nnc2s1. The number of fused-ring (bicyclic) bond motifs is 1. The molecule has 2 N–H and O–H groups in total. The maximum atomic E-state index is 5.94. The van der Waals surface area contributed by atoms with Crippen LogP contribution < -0.4 is 5.73 Å². The van der Waals surface area contributed by atoms with Gasteiger partial charge in [-0.15, -0.1) is 21.5 Å². The third kappa shape index (κ3) is 1.69. The van der Waals surface area contributed by atoms with E-state index in [0.29, 0.717) is 5.82 Å². The minimum absolute atomic E-state index is 0.685. The van der Waals surface area contributed by atoms with Gasteiger partial charge in [0, 0.05) is 23.5 Å². The Morgan fingerprint density at radius 1 is 1.20 bits per heavy atom. The number of nitrogen functional groups attached to an aromatic ring is 1. The van der Waals surface area contributed by atoms with E-state index in [2.05, 4.69) is 20.3 Å². The zero-order valence-corrected chi connectivity index (χ0v) is 11.7. The lowest BCUT2D eigenvalue weighted by molar-refractivity contribution is 0.969. The van der Waals surface area contributed by atoms with Crippen molar-refractivity contribution in [1.82, 2.24) is 24.8 Å². The molecule has 0 fully saturated rings. The molecule has 0 aliphatic heterocycles.